The van der Waals surface area contributed by atoms with Gasteiger partial charge in [0.2, 0.25) is 0 Å². The predicted molar refractivity (Wildman–Crippen MR) is 73.3 cm³/mol. The van der Waals surface area contributed by atoms with Gasteiger partial charge in [0.15, 0.2) is 0 Å². The van der Waals surface area contributed by atoms with Crippen molar-refractivity contribution in [3.63, 3.8) is 0 Å². The average molecular weight is 308 g/mol. The van der Waals surface area contributed by atoms with Gasteiger partial charge < -0.3 is 4.40 Å². The Morgan fingerprint density at radius 2 is 2.06 bits per heavy atom. The summed E-state index contributed by atoms with van der Waals surface area (Å²) in [5, 5.41) is 0.698. The number of imidazole rings is 1. The minimum absolute atomic E-state index is 0.698. The van der Waals surface area contributed by atoms with Gasteiger partial charge in [-0.15, -0.1) is 0 Å². The van der Waals surface area contributed by atoms with E-state index in [1.165, 1.54) is 0 Å². The molecular weight excluding hydrogens is 300 g/mol. The summed E-state index contributed by atoms with van der Waals surface area (Å²) in [6.45, 7) is 0. The van der Waals surface area contributed by atoms with Crippen LogP contribution in [0.3, 0.4) is 0 Å². The highest BCUT2D eigenvalue weighted by molar-refractivity contribution is 9.10. The first-order chi connectivity index (χ1) is 8.22. The van der Waals surface area contributed by atoms with Crippen LogP contribution >= 0.6 is 27.5 Å². The second kappa shape index (κ2) is 4.17. The number of benzene rings is 1. The van der Waals surface area contributed by atoms with E-state index in [1.807, 2.05) is 53.2 Å². The third kappa shape index (κ3) is 2.08. The van der Waals surface area contributed by atoms with Gasteiger partial charge in [-0.1, -0.05) is 39.7 Å². The van der Waals surface area contributed by atoms with E-state index in [1.54, 1.807) is 0 Å². The van der Waals surface area contributed by atoms with Crippen molar-refractivity contribution < 1.29 is 0 Å². The van der Waals surface area contributed by atoms with Crippen molar-refractivity contribution in [2.45, 2.75) is 0 Å². The van der Waals surface area contributed by atoms with E-state index < -0.39 is 0 Å². The molecule has 0 aliphatic carbocycles. The molecule has 0 fully saturated rings. The first-order valence-electron chi connectivity index (χ1n) is 5.12. The molecule has 2 nitrogen and oxygen atoms in total. The Hall–Kier alpha value is -1.32. The Morgan fingerprint density at radius 1 is 1.18 bits per heavy atom. The largest absolute Gasteiger partial charge is 0.306 e. The van der Waals surface area contributed by atoms with Crippen LogP contribution in [-0.4, -0.2) is 9.38 Å². The quantitative estimate of drug-likeness (QED) is 0.650. The first kappa shape index (κ1) is 10.8. The van der Waals surface area contributed by atoms with E-state index in [2.05, 4.69) is 20.9 Å². The first-order valence-corrected chi connectivity index (χ1v) is 6.30. The third-order valence-electron chi connectivity index (χ3n) is 2.54. The molecule has 0 aliphatic heterocycles. The molecule has 4 heteroatoms. The van der Waals surface area contributed by atoms with Gasteiger partial charge in [-0.25, -0.2) is 4.98 Å². The smallest absolute Gasteiger partial charge is 0.138 e. The van der Waals surface area contributed by atoms with Crippen molar-refractivity contribution >= 4 is 33.2 Å². The van der Waals surface area contributed by atoms with Crippen LogP contribution in [-0.2, 0) is 0 Å². The number of hydrogen-bond donors (Lipinski definition) is 0. The number of fused-ring (bicyclic) bond motifs is 1. The SMILES string of the molecule is Clc1ccn2cc(-c3cccc(Br)c3)nc2c1. The van der Waals surface area contributed by atoms with Crippen molar-refractivity contribution in [1.82, 2.24) is 9.38 Å². The molecule has 0 unspecified atom stereocenters. The van der Waals surface area contributed by atoms with Gasteiger partial charge in [0, 0.05) is 33.5 Å². The molecule has 0 saturated heterocycles. The molecule has 0 bridgehead atoms. The molecule has 0 atom stereocenters. The number of aromatic nitrogens is 2. The van der Waals surface area contributed by atoms with Gasteiger partial charge >= 0.3 is 0 Å². The second-order valence-corrected chi connectivity index (χ2v) is 5.10. The van der Waals surface area contributed by atoms with E-state index >= 15 is 0 Å². The summed E-state index contributed by atoms with van der Waals surface area (Å²) < 4.78 is 3.01. The molecule has 2 aromatic heterocycles. The maximum atomic E-state index is 5.94. The second-order valence-electron chi connectivity index (χ2n) is 3.75. The normalized spacial score (nSPS) is 10.9. The molecule has 84 valence electrons. The number of hydrogen-bond acceptors (Lipinski definition) is 1. The Morgan fingerprint density at radius 3 is 2.88 bits per heavy atom. The minimum Gasteiger partial charge on any atom is -0.306 e. The van der Waals surface area contributed by atoms with E-state index in [4.69, 9.17) is 11.6 Å². The maximum absolute atomic E-state index is 5.94. The molecule has 2 heterocycles. The summed E-state index contributed by atoms with van der Waals surface area (Å²) in [5.74, 6) is 0. The van der Waals surface area contributed by atoms with Crippen LogP contribution in [0.5, 0.6) is 0 Å². The van der Waals surface area contributed by atoms with E-state index in [0.29, 0.717) is 5.02 Å². The molecule has 1 aromatic carbocycles. The van der Waals surface area contributed by atoms with Crippen molar-refractivity contribution in [2.75, 3.05) is 0 Å². The zero-order valence-corrected chi connectivity index (χ0v) is 11.1. The molecule has 0 amide bonds. The summed E-state index contributed by atoms with van der Waals surface area (Å²) in [4.78, 5) is 4.54. The lowest BCUT2D eigenvalue weighted by Crippen LogP contribution is -1.79. The Labute approximate surface area is 112 Å². The fraction of sp³-hybridized carbons (Fsp3) is 0. The monoisotopic (exact) mass is 306 g/mol. The zero-order chi connectivity index (χ0) is 11.8. The van der Waals surface area contributed by atoms with Crippen molar-refractivity contribution in [3.8, 4) is 11.3 Å². The summed E-state index contributed by atoms with van der Waals surface area (Å²) in [7, 11) is 0. The van der Waals surface area contributed by atoms with Gasteiger partial charge in [0.1, 0.15) is 5.65 Å². The Bertz CT molecular complexity index is 691. The molecule has 3 rings (SSSR count). The fourth-order valence-corrected chi connectivity index (χ4v) is 2.30. The topological polar surface area (TPSA) is 17.3 Å². The fourth-order valence-electron chi connectivity index (χ4n) is 1.74. The Balaban J connectivity index is 2.18. The average Bonchev–Trinajstić information content (AvgIpc) is 2.72. The summed E-state index contributed by atoms with van der Waals surface area (Å²) in [6, 6.07) is 11.8. The predicted octanol–water partition coefficient (Wildman–Crippen LogP) is 4.42. The van der Waals surface area contributed by atoms with Crippen molar-refractivity contribution in [3.05, 3.63) is 58.3 Å². The lowest BCUT2D eigenvalue weighted by Gasteiger charge is -1.95. The molecule has 0 saturated carbocycles. The van der Waals surface area contributed by atoms with E-state index in [0.717, 1.165) is 21.4 Å². The number of pyridine rings is 1. The lowest BCUT2D eigenvalue weighted by atomic mass is 10.2. The van der Waals surface area contributed by atoms with Gasteiger partial charge in [-0.2, -0.15) is 0 Å². The van der Waals surface area contributed by atoms with E-state index in [-0.39, 0.29) is 0 Å². The van der Waals surface area contributed by atoms with E-state index in [9.17, 15) is 0 Å². The summed E-state index contributed by atoms with van der Waals surface area (Å²) in [5.41, 5.74) is 2.88. The molecule has 3 aromatic rings. The Kier molecular flexibility index (Phi) is 2.65. The standard InChI is InChI=1S/C13H8BrClN2/c14-10-3-1-2-9(6-10)12-8-17-5-4-11(15)7-13(17)16-12/h1-8H. The van der Waals surface area contributed by atoms with Crippen LogP contribution in [0.15, 0.2) is 53.3 Å². The van der Waals surface area contributed by atoms with Gasteiger partial charge in [-0.3, -0.25) is 0 Å². The maximum Gasteiger partial charge on any atom is 0.138 e. The van der Waals surface area contributed by atoms with Crippen LogP contribution in [0.4, 0.5) is 0 Å². The third-order valence-corrected chi connectivity index (χ3v) is 3.27. The highest BCUT2D eigenvalue weighted by Gasteiger charge is 2.04. The molecule has 0 radical (unpaired) electrons. The number of rotatable bonds is 1. The van der Waals surface area contributed by atoms with Crippen LogP contribution < -0.4 is 0 Å². The van der Waals surface area contributed by atoms with Crippen molar-refractivity contribution in [2.24, 2.45) is 0 Å². The van der Waals surface area contributed by atoms with Gasteiger partial charge in [0.25, 0.3) is 0 Å². The van der Waals surface area contributed by atoms with Gasteiger partial charge in [0.05, 0.1) is 5.69 Å². The molecule has 0 aliphatic rings. The molecule has 0 spiro atoms. The summed E-state index contributed by atoms with van der Waals surface area (Å²) in [6.07, 6.45) is 3.90. The van der Waals surface area contributed by atoms with Crippen LogP contribution in [0.1, 0.15) is 0 Å². The zero-order valence-electron chi connectivity index (χ0n) is 8.77. The van der Waals surface area contributed by atoms with Gasteiger partial charge in [-0.05, 0) is 18.2 Å². The van der Waals surface area contributed by atoms with Crippen molar-refractivity contribution in [1.29, 1.82) is 0 Å². The minimum atomic E-state index is 0.698. The highest BCUT2D eigenvalue weighted by Crippen LogP contribution is 2.23. The molecule has 0 N–H and O–H groups in total. The summed E-state index contributed by atoms with van der Waals surface area (Å²) >= 11 is 9.40. The molecule has 17 heavy (non-hydrogen) atoms. The van der Waals surface area contributed by atoms with Crippen LogP contribution in [0, 0.1) is 0 Å². The lowest BCUT2D eigenvalue weighted by molar-refractivity contribution is 1.19. The highest BCUT2D eigenvalue weighted by atomic mass is 79.9. The number of halogens is 2. The molecular formula is C13H8BrClN2. The van der Waals surface area contributed by atoms with Crippen LogP contribution in [0.25, 0.3) is 16.9 Å². The number of nitrogens with zero attached hydrogens (tertiary/aromatic N) is 2. The van der Waals surface area contributed by atoms with Crippen LogP contribution in [0.2, 0.25) is 5.02 Å².